The molecule has 1 aromatic rings. The van der Waals surface area contributed by atoms with Crippen LogP contribution < -0.4 is 11.1 Å². The van der Waals surface area contributed by atoms with E-state index in [1.165, 1.54) is 17.7 Å². The van der Waals surface area contributed by atoms with Gasteiger partial charge in [0.2, 0.25) is 0 Å². The molecule has 94 valence electrons. The second-order valence-corrected chi connectivity index (χ2v) is 4.43. The van der Waals surface area contributed by atoms with Gasteiger partial charge in [0.05, 0.1) is 6.61 Å². The predicted octanol–water partition coefficient (Wildman–Crippen LogP) is 0.741. The van der Waals surface area contributed by atoms with Gasteiger partial charge in [-0.15, -0.1) is 0 Å². The average Bonchev–Trinajstić information content (AvgIpc) is 2.78. The molecule has 0 aromatic carbocycles. The molecule has 0 bridgehead atoms. The Hall–Kier alpha value is -1.20. The molecule has 1 aliphatic carbocycles. The Morgan fingerprint density at radius 2 is 2.35 bits per heavy atom. The number of anilines is 1. The number of aromatic nitrogens is 2. The molecule has 1 heterocycles. The molecule has 1 atom stereocenters. The minimum absolute atomic E-state index is 0.0855. The molecule has 3 N–H and O–H groups in total. The third-order valence-electron chi connectivity index (χ3n) is 3.06. The molecule has 0 aliphatic heterocycles. The smallest absolute Gasteiger partial charge is 0.132 e. The third kappa shape index (κ3) is 3.14. The number of methoxy groups -OCH3 is 1. The number of aryl methyl sites for hydroxylation is 1. The summed E-state index contributed by atoms with van der Waals surface area (Å²) in [6.07, 6.45) is 5.87. The molecule has 1 aromatic heterocycles. The Balaban J connectivity index is 1.85. The van der Waals surface area contributed by atoms with E-state index in [-0.39, 0.29) is 6.04 Å². The first-order valence-corrected chi connectivity index (χ1v) is 6.12. The number of nitrogens with two attached hydrogens (primary N) is 1. The van der Waals surface area contributed by atoms with Crippen molar-refractivity contribution in [2.45, 2.75) is 31.7 Å². The maximum atomic E-state index is 5.86. The van der Waals surface area contributed by atoms with Crippen LogP contribution in [0.1, 0.15) is 24.1 Å². The minimum Gasteiger partial charge on any atom is -0.383 e. The second-order valence-electron chi connectivity index (χ2n) is 4.43. The van der Waals surface area contributed by atoms with Crippen LogP contribution >= 0.6 is 0 Å². The van der Waals surface area contributed by atoms with Crippen LogP contribution in [0.3, 0.4) is 0 Å². The molecule has 2 rings (SSSR count). The zero-order chi connectivity index (χ0) is 12.1. The highest BCUT2D eigenvalue weighted by Crippen LogP contribution is 2.24. The highest BCUT2D eigenvalue weighted by Gasteiger charge is 2.16. The van der Waals surface area contributed by atoms with Gasteiger partial charge in [0.15, 0.2) is 0 Å². The standard InChI is InChI=1S/C12H20N4O/c1-17-7-9(13)5-6-14-12-10-3-2-4-11(10)15-8-16-12/h8-9H,2-7,13H2,1H3,(H,14,15,16). The minimum atomic E-state index is 0.0855. The van der Waals surface area contributed by atoms with Gasteiger partial charge in [-0.1, -0.05) is 0 Å². The number of ether oxygens (including phenoxy) is 1. The average molecular weight is 236 g/mol. The molecule has 17 heavy (non-hydrogen) atoms. The summed E-state index contributed by atoms with van der Waals surface area (Å²) in [4.78, 5) is 8.60. The highest BCUT2D eigenvalue weighted by molar-refractivity contribution is 5.47. The first-order valence-electron chi connectivity index (χ1n) is 6.12. The molecule has 0 saturated heterocycles. The van der Waals surface area contributed by atoms with Crippen molar-refractivity contribution in [1.82, 2.24) is 9.97 Å². The SMILES string of the molecule is COCC(N)CCNc1ncnc2c1CCC2. The van der Waals surface area contributed by atoms with Crippen molar-refractivity contribution in [3.8, 4) is 0 Å². The van der Waals surface area contributed by atoms with Crippen LogP contribution in [0.5, 0.6) is 0 Å². The van der Waals surface area contributed by atoms with Gasteiger partial charge in [0, 0.05) is 31.0 Å². The first-order chi connectivity index (χ1) is 8.31. The van der Waals surface area contributed by atoms with E-state index in [9.17, 15) is 0 Å². The summed E-state index contributed by atoms with van der Waals surface area (Å²) in [5.74, 6) is 0.983. The van der Waals surface area contributed by atoms with E-state index in [1.807, 2.05) is 0 Å². The Morgan fingerprint density at radius 1 is 1.47 bits per heavy atom. The van der Waals surface area contributed by atoms with E-state index >= 15 is 0 Å². The van der Waals surface area contributed by atoms with Gasteiger partial charge in [-0.05, 0) is 25.7 Å². The summed E-state index contributed by atoms with van der Waals surface area (Å²) < 4.78 is 5.00. The van der Waals surface area contributed by atoms with E-state index < -0.39 is 0 Å². The lowest BCUT2D eigenvalue weighted by Crippen LogP contribution is -2.28. The van der Waals surface area contributed by atoms with Crippen molar-refractivity contribution >= 4 is 5.82 Å². The number of hydrogen-bond acceptors (Lipinski definition) is 5. The fraction of sp³-hybridized carbons (Fsp3) is 0.667. The molecule has 5 nitrogen and oxygen atoms in total. The molecule has 1 aliphatic rings. The summed E-state index contributed by atoms with van der Waals surface area (Å²) >= 11 is 0. The number of fused-ring (bicyclic) bond motifs is 1. The number of hydrogen-bond donors (Lipinski definition) is 2. The van der Waals surface area contributed by atoms with Crippen molar-refractivity contribution in [3.05, 3.63) is 17.6 Å². The van der Waals surface area contributed by atoms with E-state index in [4.69, 9.17) is 10.5 Å². The summed E-state index contributed by atoms with van der Waals surface area (Å²) in [6.45, 7) is 1.43. The zero-order valence-corrected chi connectivity index (χ0v) is 10.3. The molecule has 1 unspecified atom stereocenters. The van der Waals surface area contributed by atoms with Crippen molar-refractivity contribution in [1.29, 1.82) is 0 Å². The molecule has 0 fully saturated rings. The van der Waals surface area contributed by atoms with Gasteiger partial charge in [0.1, 0.15) is 12.1 Å². The number of nitrogens with one attached hydrogen (secondary N) is 1. The van der Waals surface area contributed by atoms with Gasteiger partial charge in [-0.25, -0.2) is 9.97 Å². The third-order valence-corrected chi connectivity index (χ3v) is 3.06. The quantitative estimate of drug-likeness (QED) is 0.762. The molecular formula is C12H20N4O. The Morgan fingerprint density at radius 3 is 3.18 bits per heavy atom. The van der Waals surface area contributed by atoms with E-state index in [2.05, 4.69) is 15.3 Å². The van der Waals surface area contributed by atoms with E-state index in [1.54, 1.807) is 13.4 Å². The van der Waals surface area contributed by atoms with Crippen LogP contribution in [0.4, 0.5) is 5.82 Å². The van der Waals surface area contributed by atoms with Gasteiger partial charge >= 0.3 is 0 Å². The van der Waals surface area contributed by atoms with Crippen LogP contribution in [0.25, 0.3) is 0 Å². The lowest BCUT2D eigenvalue weighted by atomic mass is 10.2. The Bertz CT molecular complexity index is 370. The molecule has 0 radical (unpaired) electrons. The topological polar surface area (TPSA) is 73.1 Å². The summed E-state index contributed by atoms with van der Waals surface area (Å²) in [7, 11) is 1.67. The zero-order valence-electron chi connectivity index (χ0n) is 10.3. The fourth-order valence-electron chi connectivity index (χ4n) is 2.19. The Labute approximate surface area is 102 Å². The molecule has 5 heteroatoms. The van der Waals surface area contributed by atoms with Crippen LogP contribution in [-0.4, -0.2) is 36.3 Å². The molecule has 0 amide bonds. The van der Waals surface area contributed by atoms with E-state index in [0.29, 0.717) is 6.61 Å². The normalized spacial score (nSPS) is 15.6. The monoisotopic (exact) mass is 236 g/mol. The molecule has 0 saturated carbocycles. The lowest BCUT2D eigenvalue weighted by molar-refractivity contribution is 0.178. The predicted molar refractivity (Wildman–Crippen MR) is 67.0 cm³/mol. The summed E-state index contributed by atoms with van der Waals surface area (Å²) in [6, 6.07) is 0.0855. The fourth-order valence-corrected chi connectivity index (χ4v) is 2.19. The van der Waals surface area contributed by atoms with Crippen LogP contribution in [0, 0.1) is 0 Å². The van der Waals surface area contributed by atoms with Crippen LogP contribution in [0.15, 0.2) is 6.33 Å². The van der Waals surface area contributed by atoms with Crippen molar-refractivity contribution < 1.29 is 4.74 Å². The summed E-state index contributed by atoms with van der Waals surface area (Å²) in [5, 5.41) is 3.35. The van der Waals surface area contributed by atoms with Gasteiger partial charge in [-0.3, -0.25) is 0 Å². The van der Waals surface area contributed by atoms with Crippen molar-refractivity contribution in [2.24, 2.45) is 5.73 Å². The van der Waals surface area contributed by atoms with Gasteiger partial charge < -0.3 is 15.8 Å². The largest absolute Gasteiger partial charge is 0.383 e. The first kappa shape index (κ1) is 12.3. The number of nitrogens with zero attached hydrogens (tertiary/aromatic N) is 2. The highest BCUT2D eigenvalue weighted by atomic mass is 16.5. The van der Waals surface area contributed by atoms with Crippen LogP contribution in [0.2, 0.25) is 0 Å². The van der Waals surface area contributed by atoms with Crippen molar-refractivity contribution in [2.75, 3.05) is 25.6 Å². The molecule has 0 spiro atoms. The second kappa shape index (κ2) is 5.93. The van der Waals surface area contributed by atoms with Crippen LogP contribution in [-0.2, 0) is 17.6 Å². The van der Waals surface area contributed by atoms with Gasteiger partial charge in [-0.2, -0.15) is 0 Å². The summed E-state index contributed by atoms with van der Waals surface area (Å²) in [5.41, 5.74) is 8.35. The van der Waals surface area contributed by atoms with E-state index in [0.717, 1.165) is 31.6 Å². The van der Waals surface area contributed by atoms with Crippen molar-refractivity contribution in [3.63, 3.8) is 0 Å². The maximum absolute atomic E-state index is 5.86. The molecular weight excluding hydrogens is 216 g/mol. The Kier molecular flexibility index (Phi) is 4.28. The maximum Gasteiger partial charge on any atom is 0.132 e. The van der Waals surface area contributed by atoms with Gasteiger partial charge in [0.25, 0.3) is 0 Å². The number of rotatable bonds is 6. The lowest BCUT2D eigenvalue weighted by Gasteiger charge is -2.12.